The van der Waals surface area contributed by atoms with Crippen LogP contribution < -0.4 is 10.6 Å². The lowest BCUT2D eigenvalue weighted by Gasteiger charge is -2.14. The lowest BCUT2D eigenvalue weighted by Crippen LogP contribution is -2.28. The third-order valence-corrected chi connectivity index (χ3v) is 4.41. The highest BCUT2D eigenvalue weighted by atomic mass is 35.5. The number of halogens is 1. The van der Waals surface area contributed by atoms with Gasteiger partial charge in [0.15, 0.2) is 0 Å². The Labute approximate surface area is 133 Å². The number of imidazole rings is 1. The smallest absolute Gasteiger partial charge is 0.261 e. The third kappa shape index (κ3) is 4.30. The second-order valence-electron chi connectivity index (χ2n) is 4.76. The number of nitrogens with one attached hydrogen (secondary N) is 2. The van der Waals surface area contributed by atoms with Crippen molar-refractivity contribution in [2.75, 3.05) is 13.1 Å². The Morgan fingerprint density at radius 3 is 2.95 bits per heavy atom. The van der Waals surface area contributed by atoms with Gasteiger partial charge in [0.05, 0.1) is 17.1 Å². The summed E-state index contributed by atoms with van der Waals surface area (Å²) in [6.07, 6.45) is 2.51. The van der Waals surface area contributed by atoms with E-state index >= 15 is 0 Å². The summed E-state index contributed by atoms with van der Waals surface area (Å²) in [4.78, 5) is 16.7. The van der Waals surface area contributed by atoms with Crippen molar-refractivity contribution in [1.82, 2.24) is 20.2 Å². The molecule has 2 N–H and O–H groups in total. The molecule has 0 aliphatic rings. The van der Waals surface area contributed by atoms with Crippen LogP contribution in [0, 0.1) is 0 Å². The molecule has 0 unspecified atom stereocenters. The molecule has 21 heavy (non-hydrogen) atoms. The molecule has 2 aromatic rings. The molecule has 5 nitrogen and oxygen atoms in total. The van der Waals surface area contributed by atoms with Crippen molar-refractivity contribution >= 4 is 28.8 Å². The maximum absolute atomic E-state index is 11.7. The molecule has 0 aromatic carbocycles. The second kappa shape index (κ2) is 7.59. The van der Waals surface area contributed by atoms with Gasteiger partial charge in [0.25, 0.3) is 5.91 Å². The van der Waals surface area contributed by atoms with Crippen molar-refractivity contribution in [2.24, 2.45) is 7.05 Å². The molecule has 0 radical (unpaired) electrons. The number of hydrogen-bond donors (Lipinski definition) is 2. The van der Waals surface area contributed by atoms with Gasteiger partial charge in [-0.05, 0) is 31.3 Å². The van der Waals surface area contributed by atoms with Gasteiger partial charge in [0, 0.05) is 13.6 Å². The molecule has 114 valence electrons. The number of nitrogens with zero attached hydrogens (tertiary/aromatic N) is 2. The van der Waals surface area contributed by atoms with Crippen LogP contribution in [0.5, 0.6) is 0 Å². The molecule has 0 aliphatic heterocycles. The molecule has 7 heteroatoms. The molecule has 0 aliphatic carbocycles. The second-order valence-corrected chi connectivity index (χ2v) is 6.10. The third-order valence-electron chi connectivity index (χ3n) is 3.19. The van der Waals surface area contributed by atoms with Crippen molar-refractivity contribution in [3.63, 3.8) is 0 Å². The van der Waals surface area contributed by atoms with E-state index in [1.165, 1.54) is 11.3 Å². The van der Waals surface area contributed by atoms with Gasteiger partial charge in [-0.1, -0.05) is 17.7 Å². The number of hydrogen-bond acceptors (Lipinski definition) is 4. The standard InChI is InChI=1S/C14H19ClN4OS/c1-10(13-18-9-12(15)19(13)2)16-6-4-7-17-14(20)11-5-3-8-21-11/h3,5,8-10,16H,4,6-7H2,1-2H3,(H,17,20)/t10-/m0/s1. The van der Waals surface area contributed by atoms with E-state index in [9.17, 15) is 4.79 Å². The fourth-order valence-electron chi connectivity index (χ4n) is 2.00. The van der Waals surface area contributed by atoms with Crippen molar-refractivity contribution in [3.8, 4) is 0 Å². The van der Waals surface area contributed by atoms with Gasteiger partial charge in [-0.15, -0.1) is 11.3 Å². The number of carbonyl (C=O) groups excluding carboxylic acids is 1. The summed E-state index contributed by atoms with van der Waals surface area (Å²) in [5.41, 5.74) is 0. The Kier molecular flexibility index (Phi) is 5.78. The van der Waals surface area contributed by atoms with E-state index in [0.29, 0.717) is 11.7 Å². The Bertz CT molecular complexity index is 582. The molecule has 0 spiro atoms. The molecular weight excluding hydrogens is 308 g/mol. The van der Waals surface area contributed by atoms with Gasteiger partial charge < -0.3 is 15.2 Å². The van der Waals surface area contributed by atoms with E-state index in [4.69, 9.17) is 11.6 Å². The molecule has 2 rings (SSSR count). The number of aromatic nitrogens is 2. The van der Waals surface area contributed by atoms with Crippen LogP contribution in [0.2, 0.25) is 5.15 Å². The number of carbonyl (C=O) groups is 1. The summed E-state index contributed by atoms with van der Waals surface area (Å²) < 4.78 is 1.86. The first-order chi connectivity index (χ1) is 10.1. The van der Waals surface area contributed by atoms with Crippen LogP contribution in [0.15, 0.2) is 23.7 Å². The fourth-order valence-corrected chi connectivity index (χ4v) is 2.77. The molecule has 1 atom stereocenters. The molecule has 0 saturated carbocycles. The molecule has 2 heterocycles. The molecule has 0 bridgehead atoms. The topological polar surface area (TPSA) is 58.9 Å². The summed E-state index contributed by atoms with van der Waals surface area (Å²) in [6, 6.07) is 3.82. The number of rotatable bonds is 7. The minimum Gasteiger partial charge on any atom is -0.351 e. The Balaban J connectivity index is 1.66. The Hall–Kier alpha value is -1.37. The van der Waals surface area contributed by atoms with E-state index in [1.807, 2.05) is 36.1 Å². The Morgan fingerprint density at radius 2 is 2.33 bits per heavy atom. The fraction of sp³-hybridized carbons (Fsp3) is 0.429. The van der Waals surface area contributed by atoms with Gasteiger partial charge in [0.2, 0.25) is 0 Å². The van der Waals surface area contributed by atoms with Gasteiger partial charge in [-0.2, -0.15) is 0 Å². The average molecular weight is 327 g/mol. The van der Waals surface area contributed by atoms with Crippen molar-refractivity contribution in [1.29, 1.82) is 0 Å². The highest BCUT2D eigenvalue weighted by Gasteiger charge is 2.12. The highest BCUT2D eigenvalue weighted by Crippen LogP contribution is 2.15. The predicted octanol–water partition coefficient (Wildman–Crippen LogP) is 2.61. The minimum absolute atomic E-state index is 0.00562. The molecule has 0 saturated heterocycles. The van der Waals surface area contributed by atoms with Gasteiger partial charge in [0.1, 0.15) is 11.0 Å². The summed E-state index contributed by atoms with van der Waals surface area (Å²) in [6.45, 7) is 3.50. The number of amides is 1. The van der Waals surface area contributed by atoms with Crippen LogP contribution in [-0.4, -0.2) is 28.5 Å². The van der Waals surface area contributed by atoms with Crippen molar-refractivity contribution in [2.45, 2.75) is 19.4 Å². The normalized spacial score (nSPS) is 12.3. The monoisotopic (exact) mass is 326 g/mol. The van der Waals surface area contributed by atoms with E-state index in [2.05, 4.69) is 15.6 Å². The zero-order valence-electron chi connectivity index (χ0n) is 12.1. The van der Waals surface area contributed by atoms with E-state index in [1.54, 1.807) is 6.20 Å². The average Bonchev–Trinajstić information content (AvgIpc) is 3.10. The zero-order valence-corrected chi connectivity index (χ0v) is 13.7. The highest BCUT2D eigenvalue weighted by molar-refractivity contribution is 7.12. The first kappa shape index (κ1) is 16.0. The van der Waals surface area contributed by atoms with Crippen molar-refractivity contribution < 1.29 is 4.79 Å². The first-order valence-corrected chi connectivity index (χ1v) is 8.07. The van der Waals surface area contributed by atoms with Crippen LogP contribution in [0.1, 0.15) is 34.9 Å². The zero-order chi connectivity index (χ0) is 15.2. The maximum atomic E-state index is 11.7. The van der Waals surface area contributed by atoms with Crippen molar-refractivity contribution in [3.05, 3.63) is 39.6 Å². The van der Waals surface area contributed by atoms with Crippen LogP contribution >= 0.6 is 22.9 Å². The van der Waals surface area contributed by atoms with Crippen LogP contribution in [-0.2, 0) is 7.05 Å². The first-order valence-electron chi connectivity index (χ1n) is 6.81. The summed E-state index contributed by atoms with van der Waals surface area (Å²) in [5.74, 6) is 0.900. The van der Waals surface area contributed by atoms with Gasteiger partial charge in [-0.3, -0.25) is 4.79 Å². The largest absolute Gasteiger partial charge is 0.351 e. The van der Waals surface area contributed by atoms with Crippen LogP contribution in [0.4, 0.5) is 0 Å². The van der Waals surface area contributed by atoms with E-state index in [0.717, 1.165) is 23.7 Å². The predicted molar refractivity (Wildman–Crippen MR) is 85.9 cm³/mol. The summed E-state index contributed by atoms with van der Waals surface area (Å²) in [7, 11) is 1.89. The molecule has 1 amide bonds. The molecule has 2 aromatic heterocycles. The van der Waals surface area contributed by atoms with Crippen LogP contribution in [0.25, 0.3) is 0 Å². The molecular formula is C14H19ClN4OS. The summed E-state index contributed by atoms with van der Waals surface area (Å²) >= 11 is 7.42. The lowest BCUT2D eigenvalue weighted by atomic mass is 10.3. The number of thiophene rings is 1. The SMILES string of the molecule is C[C@H](NCCCNC(=O)c1cccs1)c1ncc(Cl)n1C. The van der Waals surface area contributed by atoms with Gasteiger partial charge in [-0.25, -0.2) is 4.98 Å². The Morgan fingerprint density at radius 1 is 1.52 bits per heavy atom. The van der Waals surface area contributed by atoms with E-state index < -0.39 is 0 Å². The maximum Gasteiger partial charge on any atom is 0.261 e. The van der Waals surface area contributed by atoms with Crippen LogP contribution in [0.3, 0.4) is 0 Å². The van der Waals surface area contributed by atoms with E-state index in [-0.39, 0.29) is 11.9 Å². The van der Waals surface area contributed by atoms with Gasteiger partial charge >= 0.3 is 0 Å². The summed E-state index contributed by atoms with van der Waals surface area (Å²) in [5, 5.41) is 8.80. The molecule has 0 fully saturated rings. The lowest BCUT2D eigenvalue weighted by molar-refractivity contribution is 0.0957. The minimum atomic E-state index is -0.00562. The quantitative estimate of drug-likeness (QED) is 0.769.